The van der Waals surface area contributed by atoms with Gasteiger partial charge in [-0.3, -0.25) is 9.59 Å². The number of hydrogen-bond acceptors (Lipinski definition) is 3. The zero-order valence-electron chi connectivity index (χ0n) is 19.8. The van der Waals surface area contributed by atoms with Gasteiger partial charge in [-0.05, 0) is 42.8 Å². The molecule has 0 radical (unpaired) electrons. The molecule has 3 aromatic rings. The van der Waals surface area contributed by atoms with Gasteiger partial charge in [-0.15, -0.1) is 0 Å². The van der Waals surface area contributed by atoms with Gasteiger partial charge in [0.15, 0.2) is 6.61 Å². The number of ether oxygens (including phenoxy) is 1. The molecule has 1 fully saturated rings. The molecule has 0 bridgehead atoms. The second-order valence-corrected chi connectivity index (χ2v) is 9.72. The van der Waals surface area contributed by atoms with Crippen molar-refractivity contribution in [2.45, 2.75) is 57.7 Å². The first-order valence-electron chi connectivity index (χ1n) is 12.1. The number of halogens is 2. The number of amides is 2. The lowest BCUT2D eigenvalue weighted by Gasteiger charge is -2.32. The summed E-state index contributed by atoms with van der Waals surface area (Å²) in [5, 5.41) is 6.00. The summed E-state index contributed by atoms with van der Waals surface area (Å²) in [5.74, 6) is 0.166. The highest BCUT2D eigenvalue weighted by atomic mass is 35.5. The number of carbonyl (C=O) groups is 2. The average molecular weight is 513 g/mol. The van der Waals surface area contributed by atoms with Gasteiger partial charge in [-0.1, -0.05) is 85.4 Å². The van der Waals surface area contributed by atoms with Crippen LogP contribution in [-0.2, 0) is 16.1 Å². The maximum atomic E-state index is 13.6. The van der Waals surface area contributed by atoms with E-state index in [1.807, 2.05) is 49.4 Å². The van der Waals surface area contributed by atoms with Crippen molar-refractivity contribution >= 4 is 45.8 Å². The van der Waals surface area contributed by atoms with Gasteiger partial charge in [0.2, 0.25) is 5.91 Å². The van der Waals surface area contributed by atoms with Crippen molar-refractivity contribution in [3.8, 4) is 5.75 Å². The van der Waals surface area contributed by atoms with Gasteiger partial charge in [-0.2, -0.15) is 0 Å². The molecule has 1 N–H and O–H groups in total. The van der Waals surface area contributed by atoms with E-state index in [4.69, 9.17) is 27.9 Å². The molecule has 0 unspecified atom stereocenters. The fourth-order valence-electron chi connectivity index (χ4n) is 4.68. The van der Waals surface area contributed by atoms with Crippen LogP contribution in [-0.4, -0.2) is 35.4 Å². The summed E-state index contributed by atoms with van der Waals surface area (Å²) in [6.07, 6.45) is 4.62. The Labute approximate surface area is 216 Å². The van der Waals surface area contributed by atoms with E-state index in [1.54, 1.807) is 23.1 Å². The minimum Gasteiger partial charge on any atom is -0.483 e. The fraction of sp³-hybridized carbons (Fsp3) is 0.357. The van der Waals surface area contributed by atoms with Gasteiger partial charge in [0.1, 0.15) is 11.8 Å². The largest absolute Gasteiger partial charge is 0.483 e. The first kappa shape index (κ1) is 25.3. The molecule has 0 spiro atoms. The summed E-state index contributed by atoms with van der Waals surface area (Å²) in [7, 11) is 0. The smallest absolute Gasteiger partial charge is 0.261 e. The van der Waals surface area contributed by atoms with Crippen molar-refractivity contribution in [2.24, 2.45) is 0 Å². The molecule has 0 heterocycles. The van der Waals surface area contributed by atoms with Crippen LogP contribution in [0.2, 0.25) is 10.0 Å². The lowest BCUT2D eigenvalue weighted by molar-refractivity contribution is -0.143. The van der Waals surface area contributed by atoms with Gasteiger partial charge in [0.05, 0.1) is 0 Å². The number of benzene rings is 3. The summed E-state index contributed by atoms with van der Waals surface area (Å²) in [6, 6.07) is 18.3. The molecular weight excluding hydrogens is 483 g/mol. The molecule has 0 aliphatic heterocycles. The Bertz CT molecular complexity index is 1170. The summed E-state index contributed by atoms with van der Waals surface area (Å²) >= 11 is 12.9. The van der Waals surface area contributed by atoms with Crippen LogP contribution >= 0.6 is 23.2 Å². The highest BCUT2D eigenvalue weighted by Gasteiger charge is 2.31. The van der Waals surface area contributed by atoms with Crippen LogP contribution < -0.4 is 10.1 Å². The number of fused-ring (bicyclic) bond motifs is 1. The molecule has 0 saturated heterocycles. The van der Waals surface area contributed by atoms with Gasteiger partial charge in [-0.25, -0.2) is 0 Å². The van der Waals surface area contributed by atoms with E-state index in [0.717, 1.165) is 36.5 Å². The molecule has 35 heavy (non-hydrogen) atoms. The summed E-state index contributed by atoms with van der Waals surface area (Å²) in [6.45, 7) is 1.81. The Morgan fingerprint density at radius 2 is 1.66 bits per heavy atom. The van der Waals surface area contributed by atoms with Gasteiger partial charge >= 0.3 is 0 Å². The van der Waals surface area contributed by atoms with E-state index >= 15 is 0 Å². The third-order valence-corrected chi connectivity index (χ3v) is 7.29. The molecule has 3 aromatic carbocycles. The molecule has 184 valence electrons. The van der Waals surface area contributed by atoms with Crippen LogP contribution in [0.5, 0.6) is 5.75 Å². The Morgan fingerprint density at radius 3 is 2.37 bits per heavy atom. The minimum absolute atomic E-state index is 0.118. The maximum absolute atomic E-state index is 13.6. The molecule has 4 rings (SSSR count). The van der Waals surface area contributed by atoms with Gasteiger partial charge in [0.25, 0.3) is 5.91 Å². The Morgan fingerprint density at radius 1 is 1.00 bits per heavy atom. The second kappa shape index (κ2) is 11.8. The quantitative estimate of drug-likeness (QED) is 0.361. The zero-order valence-corrected chi connectivity index (χ0v) is 21.3. The third kappa shape index (κ3) is 6.09. The molecule has 1 atom stereocenters. The molecule has 0 aromatic heterocycles. The van der Waals surface area contributed by atoms with Crippen molar-refractivity contribution in [1.82, 2.24) is 10.2 Å². The van der Waals surface area contributed by atoms with E-state index in [9.17, 15) is 9.59 Å². The Kier molecular flexibility index (Phi) is 8.53. The molecule has 1 saturated carbocycles. The molecule has 1 aliphatic carbocycles. The predicted octanol–water partition coefficient (Wildman–Crippen LogP) is 6.39. The molecule has 7 heteroatoms. The monoisotopic (exact) mass is 512 g/mol. The van der Waals surface area contributed by atoms with Crippen molar-refractivity contribution in [2.75, 3.05) is 6.61 Å². The Hall–Kier alpha value is -2.76. The number of hydrogen-bond donors (Lipinski definition) is 1. The number of rotatable bonds is 9. The fourth-order valence-corrected chi connectivity index (χ4v) is 5.20. The van der Waals surface area contributed by atoms with E-state index in [2.05, 4.69) is 5.32 Å². The van der Waals surface area contributed by atoms with Crippen molar-refractivity contribution in [1.29, 1.82) is 0 Å². The van der Waals surface area contributed by atoms with Crippen LogP contribution in [0.1, 0.15) is 44.6 Å². The minimum atomic E-state index is -0.661. The van der Waals surface area contributed by atoms with Crippen molar-refractivity contribution in [3.63, 3.8) is 0 Å². The van der Waals surface area contributed by atoms with Gasteiger partial charge in [0, 0.05) is 33.6 Å². The van der Waals surface area contributed by atoms with E-state index in [-0.39, 0.29) is 31.0 Å². The van der Waals surface area contributed by atoms with Crippen LogP contribution in [0.4, 0.5) is 0 Å². The summed E-state index contributed by atoms with van der Waals surface area (Å²) < 4.78 is 5.98. The van der Waals surface area contributed by atoms with E-state index in [1.165, 1.54) is 0 Å². The van der Waals surface area contributed by atoms with Crippen LogP contribution in [0.15, 0.2) is 60.7 Å². The predicted molar refractivity (Wildman–Crippen MR) is 141 cm³/mol. The number of nitrogens with one attached hydrogen (secondary N) is 1. The maximum Gasteiger partial charge on any atom is 0.261 e. The first-order valence-corrected chi connectivity index (χ1v) is 12.9. The lowest BCUT2D eigenvalue weighted by atomic mass is 10.1. The SMILES string of the molecule is CC[C@@H](C(=O)NC1CCCC1)N(Cc1c(Cl)cccc1Cl)C(=O)COc1cccc2ccccc12. The normalized spacial score (nSPS) is 14.6. The van der Waals surface area contributed by atoms with Gasteiger partial charge < -0.3 is 15.0 Å². The number of nitrogens with zero attached hydrogens (tertiary/aromatic N) is 1. The van der Waals surface area contributed by atoms with Crippen molar-refractivity contribution < 1.29 is 14.3 Å². The topological polar surface area (TPSA) is 58.6 Å². The van der Waals surface area contributed by atoms with E-state index in [0.29, 0.717) is 27.8 Å². The third-order valence-electron chi connectivity index (χ3n) is 6.58. The molecule has 2 amide bonds. The molecular formula is C28H30Cl2N2O3. The highest BCUT2D eigenvalue weighted by Crippen LogP contribution is 2.28. The second-order valence-electron chi connectivity index (χ2n) is 8.90. The van der Waals surface area contributed by atoms with Crippen LogP contribution in [0, 0.1) is 0 Å². The lowest BCUT2D eigenvalue weighted by Crippen LogP contribution is -2.52. The van der Waals surface area contributed by atoms with Crippen LogP contribution in [0.25, 0.3) is 10.8 Å². The molecule has 5 nitrogen and oxygen atoms in total. The average Bonchev–Trinajstić information content (AvgIpc) is 3.37. The summed E-state index contributed by atoms with van der Waals surface area (Å²) in [4.78, 5) is 28.4. The Balaban J connectivity index is 1.57. The standard InChI is InChI=1S/C28H30Cl2N2O3/c1-2-25(28(34)31-20-11-4-5-12-20)32(17-22-23(29)14-8-15-24(22)30)27(33)18-35-26-16-7-10-19-9-3-6-13-21(19)26/h3,6-10,13-16,20,25H,2,4-5,11-12,17-18H2,1H3,(H,31,34)/t25-/m0/s1. The van der Waals surface area contributed by atoms with Crippen molar-refractivity contribution in [3.05, 3.63) is 76.3 Å². The zero-order chi connectivity index (χ0) is 24.8. The van der Waals surface area contributed by atoms with Crippen LogP contribution in [0.3, 0.4) is 0 Å². The number of carbonyl (C=O) groups excluding carboxylic acids is 2. The molecule has 1 aliphatic rings. The van der Waals surface area contributed by atoms with E-state index < -0.39 is 6.04 Å². The highest BCUT2D eigenvalue weighted by molar-refractivity contribution is 6.36. The summed E-state index contributed by atoms with van der Waals surface area (Å²) in [5.41, 5.74) is 0.612. The first-order chi connectivity index (χ1) is 17.0.